The molecule has 1 saturated carbocycles. The molecule has 0 spiro atoms. The number of nitrogens with zero attached hydrogens (tertiary/aromatic N) is 3. The molecule has 6 nitrogen and oxygen atoms in total. The highest BCUT2D eigenvalue weighted by Gasteiger charge is 2.30. The molecular weight excluding hydrogens is 208 g/mol. The Morgan fingerprint density at radius 3 is 2.69 bits per heavy atom. The summed E-state index contributed by atoms with van der Waals surface area (Å²) in [4.78, 5) is 26.7. The maximum absolute atomic E-state index is 11.7. The summed E-state index contributed by atoms with van der Waals surface area (Å²) in [7, 11) is 0. The Labute approximate surface area is 92.7 Å². The van der Waals surface area contributed by atoms with Crippen molar-refractivity contribution in [3.05, 3.63) is 27.3 Å². The van der Waals surface area contributed by atoms with Gasteiger partial charge in [0.15, 0.2) is 0 Å². The highest BCUT2D eigenvalue weighted by atomic mass is 16.2. The predicted octanol–water partition coefficient (Wildman–Crippen LogP) is -0.301. The van der Waals surface area contributed by atoms with Crippen LogP contribution < -0.4 is 17.2 Å². The minimum absolute atomic E-state index is 0.0268. The lowest BCUT2D eigenvalue weighted by atomic mass is 9.89. The zero-order valence-corrected chi connectivity index (χ0v) is 9.35. The normalized spacial score (nSPS) is 18.8. The molecule has 16 heavy (non-hydrogen) atoms. The van der Waals surface area contributed by atoms with Gasteiger partial charge in [0.2, 0.25) is 0 Å². The molecule has 2 N–H and O–H groups in total. The van der Waals surface area contributed by atoms with Gasteiger partial charge in [-0.15, -0.1) is 0 Å². The monoisotopic (exact) mass is 224 g/mol. The Morgan fingerprint density at radius 1 is 1.44 bits per heavy atom. The summed E-state index contributed by atoms with van der Waals surface area (Å²) >= 11 is 0. The van der Waals surface area contributed by atoms with Crippen molar-refractivity contribution in [2.75, 3.05) is 5.84 Å². The lowest BCUT2D eigenvalue weighted by molar-refractivity contribution is 0.268. The molecule has 6 heteroatoms. The number of nitrogens with two attached hydrogens (primary N) is 1. The second-order valence-corrected chi connectivity index (χ2v) is 4.82. The molecule has 1 aliphatic carbocycles. The van der Waals surface area contributed by atoms with E-state index in [1.54, 1.807) is 0 Å². The Hall–Kier alpha value is -1.59. The lowest BCUT2D eigenvalue weighted by Crippen LogP contribution is -2.46. The van der Waals surface area contributed by atoms with E-state index in [0.717, 1.165) is 41.3 Å². The maximum Gasteiger partial charge on any atom is 0.353 e. The van der Waals surface area contributed by atoms with Crippen LogP contribution in [0.25, 0.3) is 0 Å². The van der Waals surface area contributed by atoms with Crippen molar-refractivity contribution >= 4 is 0 Å². The summed E-state index contributed by atoms with van der Waals surface area (Å²) < 4.78 is 1.98. The van der Waals surface area contributed by atoms with E-state index in [4.69, 9.17) is 5.84 Å². The zero-order chi connectivity index (χ0) is 11.8. The molecule has 0 unspecified atom stereocenters. The van der Waals surface area contributed by atoms with Crippen LogP contribution >= 0.6 is 0 Å². The van der Waals surface area contributed by atoms with Gasteiger partial charge in [-0.1, -0.05) is 19.8 Å². The fourth-order valence-electron chi connectivity index (χ4n) is 2.36. The topological polar surface area (TPSA) is 82.9 Å². The van der Waals surface area contributed by atoms with Crippen molar-refractivity contribution in [1.82, 2.24) is 14.2 Å². The van der Waals surface area contributed by atoms with Gasteiger partial charge in [0.25, 0.3) is 0 Å². The highest BCUT2D eigenvalue weighted by Crippen LogP contribution is 2.38. The average Bonchev–Trinajstić information content (AvgIpc) is 2.66. The molecule has 1 aliphatic rings. The molecule has 0 aromatic carbocycles. The summed E-state index contributed by atoms with van der Waals surface area (Å²) in [5.41, 5.74) is -0.980. The Balaban J connectivity index is 2.38. The van der Waals surface area contributed by atoms with Crippen LogP contribution in [0.5, 0.6) is 0 Å². The first-order valence-electron chi connectivity index (χ1n) is 5.45. The van der Waals surface area contributed by atoms with Crippen LogP contribution in [0.3, 0.4) is 0 Å². The molecule has 2 rings (SSSR count). The van der Waals surface area contributed by atoms with E-state index in [-0.39, 0.29) is 5.41 Å². The molecular formula is C10H16N4O2. The van der Waals surface area contributed by atoms with Gasteiger partial charge in [-0.05, 0) is 18.3 Å². The Bertz CT molecular complexity index is 496. The van der Waals surface area contributed by atoms with E-state index < -0.39 is 11.4 Å². The summed E-state index contributed by atoms with van der Waals surface area (Å²) in [5, 5.41) is 0. The van der Waals surface area contributed by atoms with Gasteiger partial charge in [0.1, 0.15) is 6.33 Å². The minimum atomic E-state index is -0.514. The summed E-state index contributed by atoms with van der Waals surface area (Å²) in [6.07, 6.45) is 5.44. The van der Waals surface area contributed by atoms with E-state index in [1.165, 1.54) is 0 Å². The smallest absolute Gasteiger partial charge is 0.334 e. The van der Waals surface area contributed by atoms with Crippen molar-refractivity contribution in [2.45, 2.75) is 39.2 Å². The molecule has 0 aliphatic heterocycles. The van der Waals surface area contributed by atoms with Crippen molar-refractivity contribution in [3.8, 4) is 0 Å². The van der Waals surface area contributed by atoms with E-state index in [2.05, 4.69) is 11.9 Å². The van der Waals surface area contributed by atoms with Crippen molar-refractivity contribution < 1.29 is 0 Å². The number of aromatic nitrogens is 3. The van der Waals surface area contributed by atoms with Crippen molar-refractivity contribution in [1.29, 1.82) is 0 Å². The maximum atomic E-state index is 11.7. The first-order valence-corrected chi connectivity index (χ1v) is 5.45. The van der Waals surface area contributed by atoms with Crippen LogP contribution in [0.1, 0.15) is 32.6 Å². The van der Waals surface area contributed by atoms with E-state index in [0.29, 0.717) is 6.54 Å². The standard InChI is InChI=1S/C10H16N4O2/c1-10(4-2-3-5-10)6-13-8(15)12-7-14(11)9(13)16/h7H,2-6,11H2,1H3. The van der Waals surface area contributed by atoms with E-state index in [1.807, 2.05) is 0 Å². The quantitative estimate of drug-likeness (QED) is 0.699. The van der Waals surface area contributed by atoms with Gasteiger partial charge in [-0.3, -0.25) is 0 Å². The SMILES string of the molecule is CC1(Cn2c(=O)ncn(N)c2=O)CCCC1. The van der Waals surface area contributed by atoms with E-state index >= 15 is 0 Å². The summed E-state index contributed by atoms with van der Waals surface area (Å²) in [5.74, 6) is 5.39. The third kappa shape index (κ3) is 1.87. The molecule has 88 valence electrons. The van der Waals surface area contributed by atoms with Gasteiger partial charge in [-0.25, -0.2) is 18.8 Å². The average molecular weight is 224 g/mol. The van der Waals surface area contributed by atoms with Crippen LogP contribution in [0.2, 0.25) is 0 Å². The van der Waals surface area contributed by atoms with Crippen LogP contribution in [0.4, 0.5) is 0 Å². The lowest BCUT2D eigenvalue weighted by Gasteiger charge is -2.23. The molecule has 0 saturated heterocycles. The number of hydrogen-bond donors (Lipinski definition) is 1. The molecule has 1 fully saturated rings. The second kappa shape index (κ2) is 3.77. The van der Waals surface area contributed by atoms with E-state index in [9.17, 15) is 9.59 Å². The number of hydrogen-bond acceptors (Lipinski definition) is 4. The molecule has 0 radical (unpaired) electrons. The third-order valence-electron chi connectivity index (χ3n) is 3.33. The predicted molar refractivity (Wildman–Crippen MR) is 59.5 cm³/mol. The van der Waals surface area contributed by atoms with Gasteiger partial charge in [0, 0.05) is 6.54 Å². The largest absolute Gasteiger partial charge is 0.353 e. The number of rotatable bonds is 2. The van der Waals surface area contributed by atoms with Gasteiger partial charge in [0.05, 0.1) is 0 Å². The first-order chi connectivity index (χ1) is 7.52. The fraction of sp³-hybridized carbons (Fsp3) is 0.700. The van der Waals surface area contributed by atoms with Gasteiger partial charge in [-0.2, -0.15) is 4.98 Å². The molecule has 1 aromatic rings. The molecule has 1 heterocycles. The van der Waals surface area contributed by atoms with Crippen LogP contribution in [-0.4, -0.2) is 14.2 Å². The van der Waals surface area contributed by atoms with Gasteiger partial charge < -0.3 is 5.84 Å². The third-order valence-corrected chi connectivity index (χ3v) is 3.33. The first kappa shape index (κ1) is 10.9. The number of nitrogen functional groups attached to an aromatic ring is 1. The zero-order valence-electron chi connectivity index (χ0n) is 9.35. The molecule has 0 bridgehead atoms. The summed E-state index contributed by atoms with van der Waals surface area (Å²) in [6.45, 7) is 2.51. The van der Waals surface area contributed by atoms with Crippen molar-refractivity contribution in [2.24, 2.45) is 5.41 Å². The van der Waals surface area contributed by atoms with Crippen molar-refractivity contribution in [3.63, 3.8) is 0 Å². The summed E-state index contributed by atoms with van der Waals surface area (Å²) in [6, 6.07) is 0. The van der Waals surface area contributed by atoms with Crippen LogP contribution in [0.15, 0.2) is 15.9 Å². The Morgan fingerprint density at radius 2 is 2.06 bits per heavy atom. The minimum Gasteiger partial charge on any atom is -0.334 e. The molecule has 0 atom stereocenters. The van der Waals surface area contributed by atoms with Gasteiger partial charge >= 0.3 is 11.4 Å². The highest BCUT2D eigenvalue weighted by molar-refractivity contribution is 4.83. The van der Waals surface area contributed by atoms with Crippen LogP contribution in [-0.2, 0) is 6.54 Å². The second-order valence-electron chi connectivity index (χ2n) is 4.82. The molecule has 0 amide bonds. The Kier molecular flexibility index (Phi) is 2.57. The van der Waals surface area contributed by atoms with Crippen LogP contribution in [0, 0.1) is 5.41 Å². The fourth-order valence-corrected chi connectivity index (χ4v) is 2.36. The molecule has 1 aromatic heterocycles.